The first-order chi connectivity index (χ1) is 12.0. The summed E-state index contributed by atoms with van der Waals surface area (Å²) in [6.07, 6.45) is 2.75. The Labute approximate surface area is 150 Å². The van der Waals surface area contributed by atoms with Crippen LogP contribution in [0.5, 0.6) is 0 Å². The molecule has 1 aliphatic carbocycles. The van der Waals surface area contributed by atoms with Gasteiger partial charge in [0.05, 0.1) is 6.61 Å². The summed E-state index contributed by atoms with van der Waals surface area (Å²) in [5, 5.41) is 6.30. The van der Waals surface area contributed by atoms with E-state index < -0.39 is 0 Å². The molecule has 1 saturated carbocycles. The van der Waals surface area contributed by atoms with E-state index in [9.17, 15) is 4.79 Å². The predicted molar refractivity (Wildman–Crippen MR) is 100 cm³/mol. The van der Waals surface area contributed by atoms with Gasteiger partial charge in [0.25, 0.3) is 0 Å². The Morgan fingerprint density at radius 3 is 2.72 bits per heavy atom. The Morgan fingerprint density at radius 2 is 2.08 bits per heavy atom. The minimum Gasteiger partial charge on any atom is -0.383 e. The largest absolute Gasteiger partial charge is 0.383 e. The number of carbonyl (C=O) groups is 1. The van der Waals surface area contributed by atoms with E-state index >= 15 is 0 Å². The first-order valence-corrected chi connectivity index (χ1v) is 9.07. The maximum Gasteiger partial charge on any atom is 0.222 e. The zero-order valence-corrected chi connectivity index (χ0v) is 16.1. The van der Waals surface area contributed by atoms with Crippen LogP contribution in [0.3, 0.4) is 0 Å². The van der Waals surface area contributed by atoms with Gasteiger partial charge in [0, 0.05) is 44.8 Å². The molecule has 2 atom stereocenters. The highest BCUT2D eigenvalue weighted by molar-refractivity contribution is 5.78. The number of aryl methyl sites for hydroxylation is 1. The molecule has 1 amide bonds. The minimum absolute atomic E-state index is 0.0963. The lowest BCUT2D eigenvalue weighted by molar-refractivity contribution is -0.124. The third-order valence-corrected chi connectivity index (χ3v) is 4.87. The molecule has 1 fully saturated rings. The number of rotatable bonds is 8. The minimum atomic E-state index is 0.0963. The van der Waals surface area contributed by atoms with E-state index in [0.717, 1.165) is 55.4 Å². The van der Waals surface area contributed by atoms with Gasteiger partial charge >= 0.3 is 0 Å². The second kappa shape index (κ2) is 8.99. The Balaban J connectivity index is 2.15. The molecule has 0 aliphatic heterocycles. The smallest absolute Gasteiger partial charge is 0.222 e. The first kappa shape index (κ1) is 19.4. The van der Waals surface area contributed by atoms with E-state index in [1.807, 2.05) is 6.92 Å². The predicted octanol–water partition coefficient (Wildman–Crippen LogP) is 1.89. The molecule has 7 nitrogen and oxygen atoms in total. The van der Waals surface area contributed by atoms with Crippen molar-refractivity contribution in [3.05, 3.63) is 11.4 Å². The number of aromatic nitrogens is 2. The summed E-state index contributed by atoms with van der Waals surface area (Å²) in [4.78, 5) is 23.3. The van der Waals surface area contributed by atoms with Crippen LogP contribution in [0.1, 0.15) is 37.6 Å². The van der Waals surface area contributed by atoms with Crippen molar-refractivity contribution in [1.82, 2.24) is 15.3 Å². The van der Waals surface area contributed by atoms with Gasteiger partial charge in [0.15, 0.2) is 0 Å². The third-order valence-electron chi connectivity index (χ3n) is 4.87. The zero-order chi connectivity index (χ0) is 18.4. The second-order valence-corrected chi connectivity index (χ2v) is 6.61. The molecule has 0 radical (unpaired) electrons. The van der Waals surface area contributed by atoms with Crippen LogP contribution in [0.25, 0.3) is 0 Å². The number of hydrogen-bond acceptors (Lipinski definition) is 6. The molecule has 0 saturated heterocycles. The van der Waals surface area contributed by atoms with Crippen molar-refractivity contribution in [1.29, 1.82) is 0 Å². The van der Waals surface area contributed by atoms with Gasteiger partial charge in [-0.15, -0.1) is 0 Å². The maximum atomic E-state index is 11.8. The molecule has 1 heterocycles. The summed E-state index contributed by atoms with van der Waals surface area (Å²) < 4.78 is 5.21. The van der Waals surface area contributed by atoms with Crippen LogP contribution in [-0.4, -0.2) is 55.8 Å². The fourth-order valence-corrected chi connectivity index (χ4v) is 3.43. The number of hydrogen-bond donors (Lipinski definition) is 2. The van der Waals surface area contributed by atoms with Crippen LogP contribution < -0.4 is 15.5 Å². The van der Waals surface area contributed by atoms with Crippen LogP contribution in [0.4, 0.5) is 11.6 Å². The molecular formula is C18H31N5O2. The molecule has 140 valence electrons. The highest BCUT2D eigenvalue weighted by atomic mass is 16.5. The van der Waals surface area contributed by atoms with Gasteiger partial charge < -0.3 is 20.3 Å². The molecule has 1 aliphatic rings. The number of likely N-dealkylation sites (N-methyl/N-ethyl adjacent to an activating group) is 1. The molecule has 0 spiro atoms. The van der Waals surface area contributed by atoms with E-state index in [1.165, 1.54) is 0 Å². The summed E-state index contributed by atoms with van der Waals surface area (Å²) in [6, 6.07) is 0.275. The van der Waals surface area contributed by atoms with Crippen LogP contribution >= 0.6 is 0 Å². The average molecular weight is 349 g/mol. The number of carbonyl (C=O) groups excluding carboxylic acids is 1. The Hall–Kier alpha value is -1.89. The van der Waals surface area contributed by atoms with E-state index in [1.54, 1.807) is 14.2 Å². The van der Waals surface area contributed by atoms with Gasteiger partial charge in [-0.05, 0) is 40.0 Å². The second-order valence-electron chi connectivity index (χ2n) is 6.61. The van der Waals surface area contributed by atoms with Crippen molar-refractivity contribution in [2.45, 2.75) is 46.1 Å². The van der Waals surface area contributed by atoms with E-state index in [4.69, 9.17) is 4.74 Å². The quantitative estimate of drug-likeness (QED) is 0.746. The molecule has 2 rings (SSSR count). The lowest BCUT2D eigenvalue weighted by atomic mass is 10.1. The van der Waals surface area contributed by atoms with Gasteiger partial charge in [0.1, 0.15) is 17.5 Å². The van der Waals surface area contributed by atoms with Crippen molar-refractivity contribution in [3.8, 4) is 0 Å². The van der Waals surface area contributed by atoms with Gasteiger partial charge in [-0.1, -0.05) is 0 Å². The SMILES string of the molecule is CCN(CCOC)c1nc(C)nc(NC2CCC(C(=O)NC)C2)c1C. The molecule has 2 unspecified atom stereocenters. The van der Waals surface area contributed by atoms with Crippen molar-refractivity contribution >= 4 is 17.5 Å². The third kappa shape index (κ3) is 4.81. The topological polar surface area (TPSA) is 79.4 Å². The highest BCUT2D eigenvalue weighted by Crippen LogP contribution is 2.30. The molecule has 0 aromatic carbocycles. The summed E-state index contributed by atoms with van der Waals surface area (Å²) in [6.45, 7) is 8.41. The van der Waals surface area contributed by atoms with Gasteiger partial charge in [-0.2, -0.15) is 0 Å². The molecule has 0 bridgehead atoms. The molecular weight excluding hydrogens is 318 g/mol. The summed E-state index contributed by atoms with van der Waals surface area (Å²) in [7, 11) is 3.41. The standard InChI is InChI=1S/C18H31N5O2/c1-6-23(9-10-25-5)17-12(2)16(20-13(3)21-17)22-15-8-7-14(11-15)18(24)19-4/h14-15H,6-11H2,1-5H3,(H,19,24)(H,20,21,22). The molecule has 7 heteroatoms. The number of ether oxygens (including phenoxy) is 1. The van der Waals surface area contributed by atoms with Crippen molar-refractivity contribution in [2.75, 3.05) is 44.1 Å². The van der Waals surface area contributed by atoms with Crippen LogP contribution in [0.2, 0.25) is 0 Å². The van der Waals surface area contributed by atoms with Crippen molar-refractivity contribution < 1.29 is 9.53 Å². The van der Waals surface area contributed by atoms with Gasteiger partial charge in [0.2, 0.25) is 5.91 Å². The van der Waals surface area contributed by atoms with E-state index in [-0.39, 0.29) is 17.9 Å². The number of methoxy groups -OCH3 is 1. The zero-order valence-electron chi connectivity index (χ0n) is 16.1. The Kier molecular flexibility index (Phi) is 6.99. The molecule has 25 heavy (non-hydrogen) atoms. The van der Waals surface area contributed by atoms with Crippen molar-refractivity contribution in [2.24, 2.45) is 5.92 Å². The summed E-state index contributed by atoms with van der Waals surface area (Å²) in [5.41, 5.74) is 1.05. The van der Waals surface area contributed by atoms with Crippen LogP contribution in [0.15, 0.2) is 0 Å². The first-order valence-electron chi connectivity index (χ1n) is 9.07. The van der Waals surface area contributed by atoms with Crippen LogP contribution in [0, 0.1) is 19.8 Å². The van der Waals surface area contributed by atoms with Crippen molar-refractivity contribution in [3.63, 3.8) is 0 Å². The van der Waals surface area contributed by atoms with Gasteiger partial charge in [-0.3, -0.25) is 4.79 Å². The van der Waals surface area contributed by atoms with Gasteiger partial charge in [-0.25, -0.2) is 9.97 Å². The maximum absolute atomic E-state index is 11.8. The highest BCUT2D eigenvalue weighted by Gasteiger charge is 2.30. The normalized spacial score (nSPS) is 19.7. The Morgan fingerprint density at radius 1 is 1.32 bits per heavy atom. The average Bonchev–Trinajstić information content (AvgIpc) is 3.07. The lowest BCUT2D eigenvalue weighted by Crippen LogP contribution is -2.30. The number of nitrogens with zero attached hydrogens (tertiary/aromatic N) is 3. The lowest BCUT2D eigenvalue weighted by Gasteiger charge is -2.25. The fourth-order valence-electron chi connectivity index (χ4n) is 3.43. The number of amides is 1. The summed E-state index contributed by atoms with van der Waals surface area (Å²) in [5.74, 6) is 2.81. The molecule has 1 aromatic rings. The number of nitrogens with one attached hydrogen (secondary N) is 2. The van der Waals surface area contributed by atoms with E-state index in [0.29, 0.717) is 6.61 Å². The Bertz CT molecular complexity index is 593. The number of anilines is 2. The molecule has 2 N–H and O–H groups in total. The monoisotopic (exact) mass is 349 g/mol. The van der Waals surface area contributed by atoms with E-state index in [2.05, 4.69) is 39.3 Å². The summed E-state index contributed by atoms with van der Waals surface area (Å²) >= 11 is 0. The fraction of sp³-hybridized carbons (Fsp3) is 0.722. The van der Waals surface area contributed by atoms with Crippen LogP contribution in [-0.2, 0) is 9.53 Å². The molecule has 1 aromatic heterocycles.